The van der Waals surface area contributed by atoms with Crippen LogP contribution in [0.25, 0.3) is 38.6 Å². The van der Waals surface area contributed by atoms with Gasteiger partial charge in [-0.05, 0) is 44.1 Å². The Morgan fingerprint density at radius 2 is 1.88 bits per heavy atom. The van der Waals surface area contributed by atoms with Gasteiger partial charge in [-0.1, -0.05) is 6.07 Å². The Morgan fingerprint density at radius 3 is 2.55 bits per heavy atom. The fourth-order valence-corrected chi connectivity index (χ4v) is 6.64. The maximum absolute atomic E-state index is 15.5. The van der Waals surface area contributed by atoms with Crippen LogP contribution in [0.2, 0.25) is 0 Å². The minimum atomic E-state index is -1.31. The number of nitrogens with one attached hydrogen (secondary N) is 2. The van der Waals surface area contributed by atoms with Crippen molar-refractivity contribution in [1.82, 2.24) is 19.3 Å². The molecular weight excluding hydrogens is 518 g/mol. The van der Waals surface area contributed by atoms with Crippen LogP contribution in [0.15, 0.2) is 47.5 Å². The third-order valence-corrected chi connectivity index (χ3v) is 8.49. The van der Waals surface area contributed by atoms with Crippen LogP contribution in [-0.2, 0) is 0 Å². The highest BCUT2D eigenvalue weighted by Gasteiger charge is 2.57. The van der Waals surface area contributed by atoms with E-state index in [1.165, 1.54) is 10.5 Å². The number of aromatic carboxylic acids is 1. The van der Waals surface area contributed by atoms with Crippen LogP contribution >= 0.6 is 0 Å². The van der Waals surface area contributed by atoms with Crippen LogP contribution < -0.4 is 15.8 Å². The maximum Gasteiger partial charge on any atom is 0.341 e. The van der Waals surface area contributed by atoms with Gasteiger partial charge in [0.1, 0.15) is 11.2 Å². The van der Waals surface area contributed by atoms with Crippen LogP contribution in [0.1, 0.15) is 10.4 Å². The predicted molar refractivity (Wildman–Crippen MR) is 149 cm³/mol. The largest absolute Gasteiger partial charge is 0.477 e. The van der Waals surface area contributed by atoms with Gasteiger partial charge in [0.2, 0.25) is 0 Å². The Morgan fingerprint density at radius 1 is 1.15 bits per heavy atom. The van der Waals surface area contributed by atoms with Crippen LogP contribution in [0, 0.1) is 23.5 Å². The first-order valence-corrected chi connectivity index (χ1v) is 13.0. The average Bonchev–Trinajstić information content (AvgIpc) is 3.24. The molecule has 7 rings (SSSR count). The molecule has 204 valence electrons. The molecule has 0 unspecified atom stereocenters. The van der Waals surface area contributed by atoms with E-state index in [2.05, 4.69) is 39.2 Å². The molecule has 5 aromatic rings. The number of carbonyl (C=O) groups is 1. The quantitative estimate of drug-likeness (QED) is 0.307. The average molecular weight is 545 g/mol. The minimum absolute atomic E-state index is 0.111. The number of carboxylic acids is 1. The van der Waals surface area contributed by atoms with Crippen molar-refractivity contribution in [3.63, 3.8) is 0 Å². The lowest BCUT2D eigenvalue weighted by molar-refractivity contribution is 0.0694. The predicted octanol–water partition coefficient (Wildman–Crippen LogP) is 4.01. The summed E-state index contributed by atoms with van der Waals surface area (Å²) in [6.45, 7) is 1.47. The summed E-state index contributed by atoms with van der Waals surface area (Å²) >= 11 is 0. The zero-order valence-electron chi connectivity index (χ0n) is 22.0. The highest BCUT2D eigenvalue weighted by molar-refractivity contribution is 6.18. The second-order valence-corrected chi connectivity index (χ2v) is 10.8. The lowest BCUT2D eigenvalue weighted by atomic mass is 10.0. The molecule has 0 amide bonds. The summed E-state index contributed by atoms with van der Waals surface area (Å²) in [6, 6.07) is 8.01. The Kier molecular flexibility index (Phi) is 5.21. The van der Waals surface area contributed by atoms with Gasteiger partial charge >= 0.3 is 5.97 Å². The molecule has 4 aromatic heterocycles. The SMILES string of the molecule is CNc1cc(F)c(F)c2c1[nH]c1ncc(-c3ccc4ccc(C(=O)O)c(=O)n4c3)c(N3C[C@@H]4[C@H](C3)[C@H]4N(C)C)c12. The van der Waals surface area contributed by atoms with Gasteiger partial charge in [0, 0.05) is 61.3 Å². The molecule has 1 aliphatic carbocycles. The third-order valence-electron chi connectivity index (χ3n) is 8.49. The molecule has 1 saturated carbocycles. The third kappa shape index (κ3) is 3.37. The number of benzene rings is 1. The van der Waals surface area contributed by atoms with Gasteiger partial charge in [-0.2, -0.15) is 0 Å². The van der Waals surface area contributed by atoms with Crippen LogP contribution in [-0.4, -0.2) is 70.6 Å². The molecule has 3 N–H and O–H groups in total. The van der Waals surface area contributed by atoms with E-state index in [1.54, 1.807) is 31.6 Å². The molecule has 0 spiro atoms. The number of rotatable bonds is 5. The lowest BCUT2D eigenvalue weighted by Crippen LogP contribution is -2.31. The van der Waals surface area contributed by atoms with Crippen molar-refractivity contribution >= 4 is 44.8 Å². The molecule has 5 heterocycles. The number of hydrogen-bond donors (Lipinski definition) is 3. The van der Waals surface area contributed by atoms with Crippen molar-refractivity contribution in [2.24, 2.45) is 11.8 Å². The van der Waals surface area contributed by atoms with E-state index in [1.807, 2.05) is 6.07 Å². The maximum atomic E-state index is 15.5. The summed E-state index contributed by atoms with van der Waals surface area (Å²) in [5.41, 5.74) is 2.73. The topological polar surface area (TPSA) is 106 Å². The molecule has 1 saturated heterocycles. The van der Waals surface area contributed by atoms with Gasteiger partial charge in [0.05, 0.1) is 27.7 Å². The number of piperidine rings is 1. The summed E-state index contributed by atoms with van der Waals surface area (Å²) in [4.78, 5) is 36.8. The number of aromatic nitrogens is 3. The Hall–Kier alpha value is -4.51. The molecular formula is C29H26F2N6O3. The number of fused-ring (bicyclic) bond motifs is 5. The van der Waals surface area contributed by atoms with Gasteiger partial charge in [-0.3, -0.25) is 9.20 Å². The zero-order chi connectivity index (χ0) is 28.0. The molecule has 40 heavy (non-hydrogen) atoms. The number of H-pyrrole nitrogens is 1. The molecule has 11 heteroatoms. The van der Waals surface area contributed by atoms with Crippen LogP contribution in [0.4, 0.5) is 20.2 Å². The number of aromatic amines is 1. The molecule has 2 aliphatic rings. The van der Waals surface area contributed by atoms with Crippen LogP contribution in [0.5, 0.6) is 0 Å². The summed E-state index contributed by atoms with van der Waals surface area (Å²) in [7, 11) is 5.78. The molecule has 1 aromatic carbocycles. The number of pyridine rings is 3. The van der Waals surface area contributed by atoms with E-state index in [9.17, 15) is 19.1 Å². The number of halogens is 2. The molecule has 3 atom stereocenters. The van der Waals surface area contributed by atoms with Crippen molar-refractivity contribution in [2.75, 3.05) is 44.4 Å². The normalized spacial score (nSPS) is 20.1. The molecule has 9 nitrogen and oxygen atoms in total. The molecule has 0 radical (unpaired) electrons. The molecule has 2 fully saturated rings. The van der Waals surface area contributed by atoms with E-state index < -0.39 is 23.2 Å². The first-order chi connectivity index (χ1) is 19.2. The summed E-state index contributed by atoms with van der Waals surface area (Å²) < 4.78 is 31.6. The fraction of sp³-hybridized carbons (Fsp3) is 0.276. The van der Waals surface area contributed by atoms with Gasteiger partial charge in [-0.25, -0.2) is 18.6 Å². The first kappa shape index (κ1) is 24.5. The van der Waals surface area contributed by atoms with Crippen molar-refractivity contribution in [3.8, 4) is 11.1 Å². The highest BCUT2D eigenvalue weighted by atomic mass is 19.2. The van der Waals surface area contributed by atoms with Gasteiger partial charge < -0.3 is 25.2 Å². The zero-order valence-corrected chi connectivity index (χ0v) is 22.0. The monoisotopic (exact) mass is 544 g/mol. The second-order valence-electron chi connectivity index (χ2n) is 10.8. The lowest BCUT2D eigenvalue weighted by Gasteiger charge is -2.27. The van der Waals surface area contributed by atoms with Crippen molar-refractivity contribution < 1.29 is 18.7 Å². The van der Waals surface area contributed by atoms with Gasteiger partial charge in [0.25, 0.3) is 5.56 Å². The Bertz CT molecular complexity index is 1940. The van der Waals surface area contributed by atoms with Gasteiger partial charge in [0.15, 0.2) is 11.6 Å². The van der Waals surface area contributed by atoms with Gasteiger partial charge in [-0.15, -0.1) is 0 Å². The second kappa shape index (κ2) is 8.49. The van der Waals surface area contributed by atoms with Crippen LogP contribution in [0.3, 0.4) is 0 Å². The van der Waals surface area contributed by atoms with E-state index in [0.29, 0.717) is 62.4 Å². The number of hydrogen-bond acceptors (Lipinski definition) is 6. The van der Waals surface area contributed by atoms with E-state index in [-0.39, 0.29) is 10.9 Å². The first-order valence-electron chi connectivity index (χ1n) is 13.0. The van der Waals surface area contributed by atoms with Crippen molar-refractivity contribution in [1.29, 1.82) is 0 Å². The summed E-state index contributed by atoms with van der Waals surface area (Å²) in [6.07, 6.45) is 3.25. The number of nitrogens with zero attached hydrogens (tertiary/aromatic N) is 4. The highest BCUT2D eigenvalue weighted by Crippen LogP contribution is 2.52. The molecule has 0 bridgehead atoms. The number of carboxylic acid groups (broad SMARTS) is 1. The van der Waals surface area contributed by atoms with E-state index >= 15 is 4.39 Å². The minimum Gasteiger partial charge on any atom is -0.477 e. The standard InChI is InChI=1S/C29H26F2N6O3/c1-32-20-8-19(30)23(31)21-22-26(36-11-17-18(12-36)25(17)35(2)3)16(9-33-27(22)34-24(20)21)13-4-5-14-6-7-15(29(39)40)28(38)37(14)10-13/h4-10,17-18,25,32H,11-12H2,1-3H3,(H,33,34)(H,39,40)/t17-,18+,25+. The smallest absolute Gasteiger partial charge is 0.341 e. The Labute approximate surface area is 226 Å². The van der Waals surface area contributed by atoms with E-state index in [0.717, 1.165) is 19.2 Å². The summed E-state index contributed by atoms with van der Waals surface area (Å²) in [5.74, 6) is -2.34. The Balaban J connectivity index is 1.51. The molecule has 1 aliphatic heterocycles. The summed E-state index contributed by atoms with van der Waals surface area (Å²) in [5, 5.41) is 13.0. The number of anilines is 2. The fourth-order valence-electron chi connectivity index (χ4n) is 6.64. The van der Waals surface area contributed by atoms with E-state index in [4.69, 9.17) is 0 Å². The van der Waals surface area contributed by atoms with Crippen molar-refractivity contribution in [3.05, 3.63) is 70.3 Å². The van der Waals surface area contributed by atoms with Crippen molar-refractivity contribution in [2.45, 2.75) is 6.04 Å².